The van der Waals surface area contributed by atoms with E-state index in [1.54, 1.807) is 18.5 Å². The number of primary amides is 1. The zero-order valence-corrected chi connectivity index (χ0v) is 23.5. The van der Waals surface area contributed by atoms with Gasteiger partial charge in [-0.15, -0.1) is 5.10 Å². The Morgan fingerprint density at radius 1 is 1.18 bits per heavy atom. The number of aliphatic hydroxyl groups is 1. The molecule has 1 aromatic heterocycles. The van der Waals surface area contributed by atoms with Crippen molar-refractivity contribution < 1.29 is 29.0 Å². The van der Waals surface area contributed by atoms with Gasteiger partial charge in [-0.25, -0.2) is 4.68 Å². The maximum Gasteiger partial charge on any atom is 0.287 e. The van der Waals surface area contributed by atoms with Gasteiger partial charge >= 0.3 is 0 Å². The molecule has 3 heterocycles. The number of ether oxygens (including phenoxy) is 1. The van der Waals surface area contributed by atoms with E-state index in [2.05, 4.69) is 15.6 Å². The van der Waals surface area contributed by atoms with Gasteiger partial charge in [0.15, 0.2) is 0 Å². The maximum atomic E-state index is 13.9. The molecular weight excluding hydrogens is 518 g/mol. The summed E-state index contributed by atoms with van der Waals surface area (Å²) in [6, 6.07) is -2.23. The lowest BCUT2D eigenvalue weighted by Crippen LogP contribution is -2.62. The first-order valence-electron chi connectivity index (χ1n) is 14.4. The van der Waals surface area contributed by atoms with Crippen LogP contribution in [0, 0.1) is 5.92 Å². The highest BCUT2D eigenvalue weighted by molar-refractivity contribution is 6.39. The molecule has 1 aliphatic carbocycles. The largest absolute Gasteiger partial charge is 0.384 e. The molecule has 1 saturated carbocycles. The van der Waals surface area contributed by atoms with E-state index in [0.29, 0.717) is 31.1 Å². The highest BCUT2D eigenvalue weighted by atomic mass is 16.5. The Balaban J connectivity index is 1.61. The molecule has 3 amide bonds. The van der Waals surface area contributed by atoms with Crippen LogP contribution in [0.3, 0.4) is 0 Å². The number of ketones is 1. The number of carbonyl (C=O) groups is 4. The summed E-state index contributed by atoms with van der Waals surface area (Å²) in [6.45, 7) is 3.91. The molecule has 3 fully saturated rings. The number of aromatic nitrogens is 3. The molecule has 40 heavy (non-hydrogen) atoms. The van der Waals surface area contributed by atoms with Crippen molar-refractivity contribution in [3.05, 3.63) is 11.9 Å². The van der Waals surface area contributed by atoms with Gasteiger partial charge in [0, 0.05) is 32.6 Å². The van der Waals surface area contributed by atoms with Crippen LogP contribution in [0.4, 0.5) is 0 Å². The molecule has 1 aromatic rings. The third-order valence-corrected chi connectivity index (χ3v) is 8.63. The van der Waals surface area contributed by atoms with Gasteiger partial charge in [-0.05, 0) is 39.0 Å². The minimum Gasteiger partial charge on any atom is -0.384 e. The topological polar surface area (TPSA) is 196 Å². The minimum atomic E-state index is -1.51. The van der Waals surface area contributed by atoms with Gasteiger partial charge in [0.1, 0.15) is 17.2 Å². The van der Waals surface area contributed by atoms with Gasteiger partial charge in [-0.2, -0.15) is 0 Å². The third-order valence-electron chi connectivity index (χ3n) is 8.63. The van der Waals surface area contributed by atoms with Gasteiger partial charge in [0.2, 0.25) is 17.6 Å². The van der Waals surface area contributed by atoms with Crippen LogP contribution >= 0.6 is 0 Å². The SMILES string of the molecule is CC(C)(O)c1cnnn1C1CC(C(=O)NC2(C(=O)C(N)=O)CCCOCC2)N(C(=O)[C@H](N)CC2CCCCC2)C1. The van der Waals surface area contributed by atoms with Crippen molar-refractivity contribution in [3.63, 3.8) is 0 Å². The summed E-state index contributed by atoms with van der Waals surface area (Å²) in [6.07, 6.45) is 8.38. The summed E-state index contributed by atoms with van der Waals surface area (Å²) in [4.78, 5) is 54.1. The molecular formula is C27H43N7O6. The normalized spacial score (nSPS) is 27.1. The van der Waals surface area contributed by atoms with Crippen LogP contribution in [-0.4, -0.2) is 85.9 Å². The molecule has 3 unspecified atom stereocenters. The molecule has 0 spiro atoms. The Hall–Kier alpha value is -2.90. The lowest BCUT2D eigenvalue weighted by atomic mass is 9.84. The molecule has 0 aromatic carbocycles. The molecule has 4 atom stereocenters. The lowest BCUT2D eigenvalue weighted by molar-refractivity contribution is -0.145. The molecule has 2 aliphatic heterocycles. The van der Waals surface area contributed by atoms with Gasteiger partial charge in [0.25, 0.3) is 5.91 Å². The zero-order valence-electron chi connectivity index (χ0n) is 23.5. The Bertz CT molecular complexity index is 1090. The number of hydrogen-bond donors (Lipinski definition) is 4. The fraction of sp³-hybridized carbons (Fsp3) is 0.778. The Morgan fingerprint density at radius 3 is 2.58 bits per heavy atom. The minimum absolute atomic E-state index is 0.0950. The summed E-state index contributed by atoms with van der Waals surface area (Å²) < 4.78 is 7.03. The zero-order chi connectivity index (χ0) is 29.1. The van der Waals surface area contributed by atoms with E-state index in [4.69, 9.17) is 16.2 Å². The first-order chi connectivity index (χ1) is 18.9. The van der Waals surface area contributed by atoms with E-state index in [-0.39, 0.29) is 38.3 Å². The molecule has 4 rings (SSSR count). The Kier molecular flexibility index (Phi) is 9.26. The molecule has 6 N–H and O–H groups in total. The van der Waals surface area contributed by atoms with Crippen LogP contribution in [0.25, 0.3) is 0 Å². The second-order valence-corrected chi connectivity index (χ2v) is 12.1. The van der Waals surface area contributed by atoms with Crippen LogP contribution in [0.1, 0.15) is 89.8 Å². The van der Waals surface area contributed by atoms with Gasteiger partial charge < -0.3 is 31.5 Å². The van der Waals surface area contributed by atoms with Crippen LogP contribution in [0.5, 0.6) is 0 Å². The highest BCUT2D eigenvalue weighted by Gasteiger charge is 2.48. The average Bonchev–Trinajstić information content (AvgIpc) is 3.52. The Labute approximate surface area is 234 Å². The van der Waals surface area contributed by atoms with Gasteiger partial charge in [0.05, 0.1) is 24.0 Å². The molecule has 0 radical (unpaired) electrons. The molecule has 3 aliphatic rings. The van der Waals surface area contributed by atoms with E-state index in [1.807, 2.05) is 0 Å². The number of carbonyl (C=O) groups excluding carboxylic acids is 4. The van der Waals surface area contributed by atoms with E-state index in [1.165, 1.54) is 17.5 Å². The quantitative estimate of drug-likeness (QED) is 0.301. The second kappa shape index (κ2) is 12.3. The van der Waals surface area contributed by atoms with Crippen molar-refractivity contribution in [2.75, 3.05) is 19.8 Å². The summed E-state index contributed by atoms with van der Waals surface area (Å²) in [5, 5.41) is 21.6. The molecule has 2 saturated heterocycles. The number of amides is 3. The van der Waals surface area contributed by atoms with Gasteiger partial charge in [-0.3, -0.25) is 19.2 Å². The summed E-state index contributed by atoms with van der Waals surface area (Å²) in [7, 11) is 0. The van der Waals surface area contributed by atoms with E-state index >= 15 is 0 Å². The fourth-order valence-electron chi connectivity index (χ4n) is 6.44. The number of nitrogens with zero attached hydrogens (tertiary/aromatic N) is 4. The van der Waals surface area contributed by atoms with Crippen LogP contribution in [0.15, 0.2) is 6.20 Å². The molecule has 13 nitrogen and oxygen atoms in total. The number of Topliss-reactive ketones (excluding diaryl/α,β-unsaturated/α-hetero) is 1. The van der Waals surface area contributed by atoms with E-state index < -0.39 is 46.9 Å². The monoisotopic (exact) mass is 561 g/mol. The summed E-state index contributed by atoms with van der Waals surface area (Å²) in [5.74, 6) is -2.57. The lowest BCUT2D eigenvalue weighted by Gasteiger charge is -2.34. The standard InChI is InChI=1S/C27H43N7O6/c1-26(2,39)21-15-30-32-34(21)18-14-20(33(16-18)25(38)19(28)13-17-7-4-3-5-8-17)24(37)31-27(22(35)23(29)36)9-6-11-40-12-10-27/h15,17-20,39H,3-14,16,28H2,1-2H3,(H2,29,36)(H,31,37)/t18?,19-,20?,27?/m1/s1. The second-order valence-electron chi connectivity index (χ2n) is 12.1. The predicted octanol–water partition coefficient (Wildman–Crippen LogP) is 0.0551. The fourth-order valence-corrected chi connectivity index (χ4v) is 6.44. The maximum absolute atomic E-state index is 13.9. The number of nitrogens with two attached hydrogens (primary N) is 2. The average molecular weight is 562 g/mol. The molecule has 0 bridgehead atoms. The number of hydrogen-bond acceptors (Lipinski definition) is 9. The van der Waals surface area contributed by atoms with Crippen LogP contribution < -0.4 is 16.8 Å². The first-order valence-corrected chi connectivity index (χ1v) is 14.4. The summed E-state index contributed by atoms with van der Waals surface area (Å²) >= 11 is 0. The van der Waals surface area contributed by atoms with Crippen molar-refractivity contribution in [1.82, 2.24) is 25.2 Å². The van der Waals surface area contributed by atoms with Crippen molar-refractivity contribution in [3.8, 4) is 0 Å². The van der Waals surface area contributed by atoms with Crippen molar-refractivity contribution in [2.45, 2.75) is 107 Å². The first kappa shape index (κ1) is 30.1. The summed E-state index contributed by atoms with van der Waals surface area (Å²) in [5.41, 5.74) is 9.49. The van der Waals surface area contributed by atoms with Crippen molar-refractivity contribution in [2.24, 2.45) is 17.4 Å². The van der Waals surface area contributed by atoms with E-state index in [0.717, 1.165) is 25.7 Å². The van der Waals surface area contributed by atoms with Gasteiger partial charge in [-0.1, -0.05) is 37.3 Å². The van der Waals surface area contributed by atoms with Crippen molar-refractivity contribution >= 4 is 23.5 Å². The van der Waals surface area contributed by atoms with Crippen LogP contribution in [-0.2, 0) is 29.5 Å². The van der Waals surface area contributed by atoms with E-state index in [9.17, 15) is 24.3 Å². The smallest absolute Gasteiger partial charge is 0.287 e. The molecule has 222 valence electrons. The Morgan fingerprint density at radius 2 is 1.90 bits per heavy atom. The number of rotatable bonds is 9. The van der Waals surface area contributed by atoms with Crippen molar-refractivity contribution in [1.29, 1.82) is 0 Å². The highest BCUT2D eigenvalue weighted by Crippen LogP contribution is 2.34. The number of nitrogens with one attached hydrogen (secondary N) is 1. The predicted molar refractivity (Wildman–Crippen MR) is 143 cm³/mol. The molecule has 13 heteroatoms. The third kappa shape index (κ3) is 6.52. The van der Waals surface area contributed by atoms with Crippen LogP contribution in [0.2, 0.25) is 0 Å². The number of likely N-dealkylation sites (tertiary alicyclic amines) is 1.